The number of nitrogens with two attached hydrogens (primary N) is 2. The van der Waals surface area contributed by atoms with E-state index in [0.29, 0.717) is 16.3 Å². The summed E-state index contributed by atoms with van der Waals surface area (Å²) < 4.78 is 29.0. The second kappa shape index (κ2) is 9.68. The molecule has 172 valence electrons. The zero-order chi connectivity index (χ0) is 23.5. The van der Waals surface area contributed by atoms with E-state index in [1.54, 1.807) is 6.07 Å². The molecular weight excluding hydrogens is 450 g/mol. The number of hydrogen-bond acceptors (Lipinski definition) is 6. The lowest BCUT2D eigenvalue weighted by Gasteiger charge is -2.30. The van der Waals surface area contributed by atoms with Crippen LogP contribution in [0, 0.1) is 11.6 Å². The van der Waals surface area contributed by atoms with Crippen molar-refractivity contribution in [2.24, 2.45) is 11.5 Å². The van der Waals surface area contributed by atoms with E-state index in [1.807, 2.05) is 0 Å². The Morgan fingerprint density at radius 1 is 1.06 bits per heavy atom. The minimum atomic E-state index is -0.852. The third kappa shape index (κ3) is 5.20. The number of benzene rings is 1. The summed E-state index contributed by atoms with van der Waals surface area (Å²) in [5.74, 6) is -2.02. The number of hydrogen-bond donors (Lipinski definition) is 4. The van der Waals surface area contributed by atoms with Gasteiger partial charge in [0.2, 0.25) is 0 Å². The standard InChI is InChI=1S/C23H23ClF2N6O/c24-13-5-6-17(25)15(8-13)12-7-14(11-29-10-12)30-22-16(21(28)33)9-18(26)23(32-22)31-20-4-2-1-3-19(20)27/h5-11,19-20H,1-4,27H2,(H2,28,33)(H2,30,31,32). The molecule has 2 atom stereocenters. The van der Waals surface area contributed by atoms with Crippen molar-refractivity contribution in [3.05, 3.63) is 64.9 Å². The average molecular weight is 473 g/mol. The maximum Gasteiger partial charge on any atom is 0.252 e. The van der Waals surface area contributed by atoms with Gasteiger partial charge in [-0.25, -0.2) is 13.8 Å². The summed E-state index contributed by atoms with van der Waals surface area (Å²) in [6, 6.07) is 6.58. The number of carbonyl (C=O) groups excluding carboxylic acids is 1. The molecule has 1 amide bonds. The van der Waals surface area contributed by atoms with Gasteiger partial charge >= 0.3 is 0 Å². The Labute approximate surface area is 194 Å². The molecule has 4 rings (SSSR count). The molecule has 2 aromatic heterocycles. The van der Waals surface area contributed by atoms with Crippen LogP contribution in [0.3, 0.4) is 0 Å². The van der Waals surface area contributed by atoms with Crippen LogP contribution in [0.2, 0.25) is 5.02 Å². The first-order valence-corrected chi connectivity index (χ1v) is 10.9. The monoisotopic (exact) mass is 472 g/mol. The van der Waals surface area contributed by atoms with Crippen LogP contribution in [0.15, 0.2) is 42.7 Å². The molecule has 1 aliphatic carbocycles. The van der Waals surface area contributed by atoms with Crippen LogP contribution >= 0.6 is 11.6 Å². The molecule has 0 aliphatic heterocycles. The minimum absolute atomic E-state index is 0.0325. The SMILES string of the molecule is NC(=O)c1cc(F)c(NC2CCCCC2N)nc1Nc1cncc(-c2cc(Cl)ccc2F)c1. The van der Waals surface area contributed by atoms with E-state index in [4.69, 9.17) is 23.1 Å². The fourth-order valence-corrected chi connectivity index (χ4v) is 4.07. The molecule has 7 nitrogen and oxygen atoms in total. The Hall–Kier alpha value is -3.30. The van der Waals surface area contributed by atoms with Crippen LogP contribution in [0.1, 0.15) is 36.0 Å². The molecular formula is C23H23ClF2N6O. The molecule has 0 saturated heterocycles. The lowest BCUT2D eigenvalue weighted by molar-refractivity contribution is 0.100. The number of rotatable bonds is 6. The van der Waals surface area contributed by atoms with Gasteiger partial charge in [0.25, 0.3) is 5.91 Å². The van der Waals surface area contributed by atoms with E-state index in [-0.39, 0.29) is 34.8 Å². The second-order valence-corrected chi connectivity index (χ2v) is 8.43. The molecule has 10 heteroatoms. The van der Waals surface area contributed by atoms with Crippen molar-refractivity contribution < 1.29 is 13.6 Å². The smallest absolute Gasteiger partial charge is 0.252 e. The first kappa shape index (κ1) is 22.9. The molecule has 1 aromatic carbocycles. The molecule has 0 radical (unpaired) electrons. The molecule has 2 heterocycles. The van der Waals surface area contributed by atoms with E-state index in [2.05, 4.69) is 20.6 Å². The number of carbonyl (C=O) groups is 1. The number of anilines is 3. The van der Waals surface area contributed by atoms with Crippen molar-refractivity contribution in [2.75, 3.05) is 10.6 Å². The van der Waals surface area contributed by atoms with Gasteiger partial charge in [-0.05, 0) is 43.2 Å². The normalized spacial score (nSPS) is 18.1. The quantitative estimate of drug-likeness (QED) is 0.416. The Balaban J connectivity index is 1.67. The predicted octanol–water partition coefficient (Wildman–Crippen LogP) is 4.60. The summed E-state index contributed by atoms with van der Waals surface area (Å²) in [6.07, 6.45) is 6.58. The van der Waals surface area contributed by atoms with Crippen LogP contribution in [0.4, 0.5) is 26.1 Å². The van der Waals surface area contributed by atoms with Crippen molar-refractivity contribution in [2.45, 2.75) is 37.8 Å². The summed E-state index contributed by atoms with van der Waals surface area (Å²) in [5.41, 5.74) is 12.6. The maximum atomic E-state index is 14.7. The summed E-state index contributed by atoms with van der Waals surface area (Å²) >= 11 is 6.00. The first-order valence-electron chi connectivity index (χ1n) is 10.5. The van der Waals surface area contributed by atoms with Gasteiger partial charge in [0.15, 0.2) is 11.6 Å². The van der Waals surface area contributed by atoms with Gasteiger partial charge < -0.3 is 22.1 Å². The highest BCUT2D eigenvalue weighted by atomic mass is 35.5. The zero-order valence-electron chi connectivity index (χ0n) is 17.6. The number of aromatic nitrogens is 2. The van der Waals surface area contributed by atoms with E-state index in [9.17, 15) is 13.6 Å². The van der Waals surface area contributed by atoms with E-state index >= 15 is 0 Å². The van der Waals surface area contributed by atoms with Gasteiger partial charge in [0.1, 0.15) is 11.6 Å². The van der Waals surface area contributed by atoms with E-state index < -0.39 is 17.5 Å². The Bertz CT molecular complexity index is 1190. The molecule has 33 heavy (non-hydrogen) atoms. The summed E-state index contributed by atoms with van der Waals surface area (Å²) in [6.45, 7) is 0. The van der Waals surface area contributed by atoms with Gasteiger partial charge in [0, 0.05) is 34.4 Å². The first-order chi connectivity index (χ1) is 15.8. The lowest BCUT2D eigenvalue weighted by Crippen LogP contribution is -2.43. The predicted molar refractivity (Wildman–Crippen MR) is 124 cm³/mol. The van der Waals surface area contributed by atoms with Crippen molar-refractivity contribution in [3.8, 4) is 11.1 Å². The third-order valence-electron chi connectivity index (χ3n) is 5.62. The van der Waals surface area contributed by atoms with Crippen molar-refractivity contribution in [1.82, 2.24) is 9.97 Å². The Morgan fingerprint density at radius 2 is 1.85 bits per heavy atom. The Morgan fingerprint density at radius 3 is 2.61 bits per heavy atom. The van der Waals surface area contributed by atoms with Gasteiger partial charge in [-0.1, -0.05) is 24.4 Å². The number of nitrogens with one attached hydrogen (secondary N) is 2. The van der Waals surface area contributed by atoms with Gasteiger partial charge in [-0.15, -0.1) is 0 Å². The molecule has 1 saturated carbocycles. The zero-order valence-corrected chi connectivity index (χ0v) is 18.4. The summed E-state index contributed by atoms with van der Waals surface area (Å²) in [4.78, 5) is 20.3. The number of primary amides is 1. The lowest BCUT2D eigenvalue weighted by atomic mass is 9.91. The average Bonchev–Trinajstić information content (AvgIpc) is 2.79. The number of nitrogens with zero attached hydrogens (tertiary/aromatic N) is 2. The highest BCUT2D eigenvalue weighted by Gasteiger charge is 2.24. The van der Waals surface area contributed by atoms with Crippen LogP contribution < -0.4 is 22.1 Å². The van der Waals surface area contributed by atoms with Gasteiger partial charge in [-0.3, -0.25) is 9.78 Å². The molecule has 3 aromatic rings. The number of amides is 1. The van der Waals surface area contributed by atoms with Crippen LogP contribution in [0.25, 0.3) is 11.1 Å². The third-order valence-corrected chi connectivity index (χ3v) is 5.86. The topological polar surface area (TPSA) is 119 Å². The van der Waals surface area contributed by atoms with Gasteiger partial charge in [-0.2, -0.15) is 0 Å². The number of halogens is 3. The van der Waals surface area contributed by atoms with E-state index in [0.717, 1.165) is 31.7 Å². The number of pyridine rings is 2. The second-order valence-electron chi connectivity index (χ2n) is 7.99. The molecule has 1 aliphatic rings. The van der Waals surface area contributed by atoms with Crippen LogP contribution in [0.5, 0.6) is 0 Å². The van der Waals surface area contributed by atoms with Crippen molar-refractivity contribution >= 4 is 34.8 Å². The van der Waals surface area contributed by atoms with Crippen molar-refractivity contribution in [3.63, 3.8) is 0 Å². The van der Waals surface area contributed by atoms with E-state index in [1.165, 1.54) is 30.6 Å². The van der Waals surface area contributed by atoms with Gasteiger partial charge in [0.05, 0.1) is 17.4 Å². The molecule has 1 fully saturated rings. The van der Waals surface area contributed by atoms with Crippen LogP contribution in [-0.2, 0) is 0 Å². The summed E-state index contributed by atoms with van der Waals surface area (Å²) in [7, 11) is 0. The molecule has 0 bridgehead atoms. The van der Waals surface area contributed by atoms with Crippen molar-refractivity contribution in [1.29, 1.82) is 0 Å². The molecule has 6 N–H and O–H groups in total. The molecule has 0 spiro atoms. The highest BCUT2D eigenvalue weighted by molar-refractivity contribution is 6.30. The largest absolute Gasteiger partial charge is 0.365 e. The fraction of sp³-hybridized carbons (Fsp3) is 0.261. The van der Waals surface area contributed by atoms with Crippen LogP contribution in [-0.4, -0.2) is 28.0 Å². The summed E-state index contributed by atoms with van der Waals surface area (Å²) in [5, 5.41) is 6.38. The Kier molecular flexibility index (Phi) is 6.71. The molecule has 2 unspecified atom stereocenters. The fourth-order valence-electron chi connectivity index (χ4n) is 3.90. The highest BCUT2D eigenvalue weighted by Crippen LogP contribution is 2.30. The minimum Gasteiger partial charge on any atom is -0.365 e. The maximum absolute atomic E-state index is 14.7.